The van der Waals surface area contributed by atoms with Gasteiger partial charge in [0.1, 0.15) is 13.1 Å². The SMILES string of the molecule is CCNC(=NCC(=O)N(C)CC(F)(F)F)NC1CCCC(CC)C1. The van der Waals surface area contributed by atoms with Crippen molar-refractivity contribution in [2.45, 2.75) is 58.2 Å². The molecule has 2 atom stereocenters. The molecule has 5 nitrogen and oxygen atoms in total. The maximum absolute atomic E-state index is 12.3. The Kier molecular flexibility index (Phi) is 8.35. The van der Waals surface area contributed by atoms with Gasteiger partial charge in [-0.25, -0.2) is 4.99 Å². The Morgan fingerprint density at radius 3 is 2.58 bits per heavy atom. The van der Waals surface area contributed by atoms with Crippen LogP contribution in [0.2, 0.25) is 0 Å². The van der Waals surface area contributed by atoms with Gasteiger partial charge < -0.3 is 15.5 Å². The van der Waals surface area contributed by atoms with Crippen LogP contribution in [0.1, 0.15) is 46.0 Å². The second-order valence-electron chi connectivity index (χ2n) is 6.34. The monoisotopic (exact) mass is 350 g/mol. The van der Waals surface area contributed by atoms with Crippen molar-refractivity contribution in [2.24, 2.45) is 10.9 Å². The number of nitrogens with one attached hydrogen (secondary N) is 2. The minimum atomic E-state index is -4.39. The first-order valence-electron chi connectivity index (χ1n) is 8.60. The minimum absolute atomic E-state index is 0.296. The number of alkyl halides is 3. The molecule has 0 spiro atoms. The average Bonchev–Trinajstić information content (AvgIpc) is 2.51. The Morgan fingerprint density at radius 1 is 1.29 bits per heavy atom. The number of guanidine groups is 1. The van der Waals surface area contributed by atoms with Gasteiger partial charge in [0.2, 0.25) is 5.91 Å². The van der Waals surface area contributed by atoms with Crippen molar-refractivity contribution in [3.63, 3.8) is 0 Å². The maximum Gasteiger partial charge on any atom is 0.406 e. The van der Waals surface area contributed by atoms with Gasteiger partial charge >= 0.3 is 6.18 Å². The van der Waals surface area contributed by atoms with E-state index in [2.05, 4.69) is 22.5 Å². The van der Waals surface area contributed by atoms with Crippen LogP contribution < -0.4 is 10.6 Å². The highest BCUT2D eigenvalue weighted by atomic mass is 19.4. The summed E-state index contributed by atoms with van der Waals surface area (Å²) in [5.74, 6) is 0.534. The third kappa shape index (κ3) is 7.88. The number of hydrogen-bond acceptors (Lipinski definition) is 2. The van der Waals surface area contributed by atoms with E-state index in [1.54, 1.807) is 0 Å². The fraction of sp³-hybridized carbons (Fsp3) is 0.875. The van der Waals surface area contributed by atoms with E-state index in [0.717, 1.165) is 32.7 Å². The Hall–Kier alpha value is -1.47. The van der Waals surface area contributed by atoms with Gasteiger partial charge in [0, 0.05) is 19.6 Å². The fourth-order valence-corrected chi connectivity index (χ4v) is 2.93. The lowest BCUT2D eigenvalue weighted by Crippen LogP contribution is -2.46. The van der Waals surface area contributed by atoms with Gasteiger partial charge in [0.25, 0.3) is 0 Å². The first-order chi connectivity index (χ1) is 11.2. The number of nitrogens with zero attached hydrogens (tertiary/aromatic N) is 2. The standard InChI is InChI=1S/C16H29F3N4O/c1-4-12-7-6-8-13(9-12)22-15(20-5-2)21-10-14(24)23(3)11-16(17,18)19/h12-13H,4-11H2,1-3H3,(H2,20,21,22). The summed E-state index contributed by atoms with van der Waals surface area (Å²) >= 11 is 0. The van der Waals surface area contributed by atoms with Crippen LogP contribution in [-0.4, -0.2) is 55.7 Å². The molecule has 1 aliphatic rings. The molecule has 1 fully saturated rings. The van der Waals surface area contributed by atoms with Crippen molar-refractivity contribution in [3.05, 3.63) is 0 Å². The summed E-state index contributed by atoms with van der Waals surface area (Å²) in [4.78, 5) is 16.6. The number of rotatable bonds is 6. The normalized spacial score (nSPS) is 22.2. The van der Waals surface area contributed by atoms with Crippen LogP contribution >= 0.6 is 0 Å². The molecular weight excluding hydrogens is 321 g/mol. The van der Waals surface area contributed by atoms with Gasteiger partial charge in [-0.1, -0.05) is 26.2 Å². The Balaban J connectivity index is 2.56. The second kappa shape index (κ2) is 9.74. The molecule has 0 saturated heterocycles. The van der Waals surface area contributed by atoms with Crippen LogP contribution in [0.15, 0.2) is 4.99 Å². The van der Waals surface area contributed by atoms with E-state index in [0.29, 0.717) is 29.4 Å². The topological polar surface area (TPSA) is 56.7 Å². The van der Waals surface area contributed by atoms with E-state index in [1.807, 2.05) is 6.92 Å². The molecule has 0 radical (unpaired) electrons. The summed E-state index contributed by atoms with van der Waals surface area (Å²) in [7, 11) is 1.14. The van der Waals surface area contributed by atoms with Crippen molar-refractivity contribution in [1.82, 2.24) is 15.5 Å². The zero-order valence-corrected chi connectivity index (χ0v) is 14.7. The number of likely N-dealkylation sites (N-methyl/N-ethyl adjacent to an activating group) is 1. The summed E-state index contributed by atoms with van der Waals surface area (Å²) in [6.45, 7) is 3.16. The largest absolute Gasteiger partial charge is 0.406 e. The number of halogens is 3. The predicted octanol–water partition coefficient (Wildman–Crippen LogP) is 2.53. The molecular formula is C16H29F3N4O. The molecule has 1 rings (SSSR count). The average molecular weight is 350 g/mol. The second-order valence-corrected chi connectivity index (χ2v) is 6.34. The van der Waals surface area contributed by atoms with E-state index in [1.165, 1.54) is 6.42 Å². The van der Waals surface area contributed by atoms with E-state index < -0.39 is 18.6 Å². The summed E-state index contributed by atoms with van der Waals surface area (Å²) in [6.07, 6.45) is 1.25. The number of carbonyl (C=O) groups is 1. The minimum Gasteiger partial charge on any atom is -0.357 e. The van der Waals surface area contributed by atoms with Crippen molar-refractivity contribution in [3.8, 4) is 0 Å². The van der Waals surface area contributed by atoms with Crippen LogP contribution in [-0.2, 0) is 4.79 Å². The van der Waals surface area contributed by atoms with Crippen molar-refractivity contribution in [1.29, 1.82) is 0 Å². The lowest BCUT2D eigenvalue weighted by Gasteiger charge is -2.30. The van der Waals surface area contributed by atoms with E-state index in [-0.39, 0.29) is 6.54 Å². The molecule has 24 heavy (non-hydrogen) atoms. The molecule has 0 aromatic heterocycles. The van der Waals surface area contributed by atoms with Gasteiger partial charge in [-0.05, 0) is 25.7 Å². The van der Waals surface area contributed by atoms with Gasteiger partial charge in [0.15, 0.2) is 5.96 Å². The predicted molar refractivity (Wildman–Crippen MR) is 88.8 cm³/mol. The Bertz CT molecular complexity index is 426. The summed E-state index contributed by atoms with van der Waals surface area (Å²) in [5.41, 5.74) is 0. The fourth-order valence-electron chi connectivity index (χ4n) is 2.93. The number of carbonyl (C=O) groups excluding carboxylic acids is 1. The molecule has 8 heteroatoms. The zero-order chi connectivity index (χ0) is 18.2. The molecule has 1 aliphatic carbocycles. The summed E-state index contributed by atoms with van der Waals surface area (Å²) in [6, 6.07) is 0.296. The molecule has 0 aliphatic heterocycles. The highest BCUT2D eigenvalue weighted by molar-refractivity contribution is 5.85. The first kappa shape index (κ1) is 20.6. The van der Waals surface area contributed by atoms with Crippen molar-refractivity contribution >= 4 is 11.9 Å². The molecule has 1 saturated carbocycles. The van der Waals surface area contributed by atoms with E-state index >= 15 is 0 Å². The highest BCUT2D eigenvalue weighted by Crippen LogP contribution is 2.26. The molecule has 2 N–H and O–H groups in total. The third-order valence-electron chi connectivity index (χ3n) is 4.26. The lowest BCUT2D eigenvalue weighted by molar-refractivity contribution is -0.157. The molecule has 0 aromatic carbocycles. The molecule has 140 valence electrons. The lowest BCUT2D eigenvalue weighted by atomic mass is 9.84. The third-order valence-corrected chi connectivity index (χ3v) is 4.26. The van der Waals surface area contributed by atoms with Crippen LogP contribution in [0.3, 0.4) is 0 Å². The smallest absolute Gasteiger partial charge is 0.357 e. The molecule has 0 aromatic rings. The molecule has 2 unspecified atom stereocenters. The number of hydrogen-bond donors (Lipinski definition) is 2. The number of amides is 1. The molecule has 0 heterocycles. The van der Waals surface area contributed by atoms with Gasteiger partial charge in [-0.2, -0.15) is 13.2 Å². The van der Waals surface area contributed by atoms with Crippen molar-refractivity contribution < 1.29 is 18.0 Å². The maximum atomic E-state index is 12.3. The molecule has 0 bridgehead atoms. The van der Waals surface area contributed by atoms with Crippen molar-refractivity contribution in [2.75, 3.05) is 26.7 Å². The number of aliphatic imine (C=N–C) groups is 1. The van der Waals surface area contributed by atoms with Gasteiger partial charge in [-0.15, -0.1) is 0 Å². The first-order valence-corrected chi connectivity index (χ1v) is 8.60. The summed E-state index contributed by atoms with van der Waals surface area (Å²) in [5, 5.41) is 6.36. The van der Waals surface area contributed by atoms with Crippen LogP contribution in [0.4, 0.5) is 13.2 Å². The quantitative estimate of drug-likeness (QED) is 0.572. The molecule has 1 amide bonds. The summed E-state index contributed by atoms with van der Waals surface area (Å²) < 4.78 is 36.9. The van der Waals surface area contributed by atoms with Gasteiger partial charge in [-0.3, -0.25) is 4.79 Å². The van der Waals surface area contributed by atoms with E-state index in [4.69, 9.17) is 0 Å². The van der Waals surface area contributed by atoms with Gasteiger partial charge in [0.05, 0.1) is 0 Å². The van der Waals surface area contributed by atoms with Crippen LogP contribution in [0, 0.1) is 5.92 Å². The van der Waals surface area contributed by atoms with Crippen LogP contribution in [0.5, 0.6) is 0 Å². The zero-order valence-electron chi connectivity index (χ0n) is 14.7. The van der Waals surface area contributed by atoms with Crippen LogP contribution in [0.25, 0.3) is 0 Å². The Labute approximate surface area is 142 Å². The van der Waals surface area contributed by atoms with E-state index in [9.17, 15) is 18.0 Å². The highest BCUT2D eigenvalue weighted by Gasteiger charge is 2.31. The Morgan fingerprint density at radius 2 is 2.00 bits per heavy atom.